The van der Waals surface area contributed by atoms with Crippen molar-refractivity contribution in [3.63, 3.8) is 0 Å². The molecule has 0 saturated heterocycles. The SMILES string of the molecule is CC(C)C(=O)Nc1ncc(Cc2ccc(Cl)cc2)s1. The Kier molecular flexibility index (Phi) is 4.56. The quantitative estimate of drug-likeness (QED) is 0.926. The van der Waals surface area contributed by atoms with Crippen LogP contribution in [0.25, 0.3) is 0 Å². The molecule has 1 amide bonds. The Morgan fingerprint density at radius 3 is 2.68 bits per heavy atom. The van der Waals surface area contributed by atoms with Gasteiger partial charge in [0.05, 0.1) is 0 Å². The average Bonchev–Trinajstić information content (AvgIpc) is 2.79. The molecule has 19 heavy (non-hydrogen) atoms. The van der Waals surface area contributed by atoms with Gasteiger partial charge in [0.2, 0.25) is 5.91 Å². The van der Waals surface area contributed by atoms with Gasteiger partial charge in [0.1, 0.15) is 0 Å². The molecule has 0 radical (unpaired) electrons. The van der Waals surface area contributed by atoms with Gasteiger partial charge in [-0.2, -0.15) is 0 Å². The third-order valence-electron chi connectivity index (χ3n) is 2.60. The zero-order chi connectivity index (χ0) is 13.8. The van der Waals surface area contributed by atoms with Crippen LogP contribution < -0.4 is 5.32 Å². The topological polar surface area (TPSA) is 42.0 Å². The van der Waals surface area contributed by atoms with Gasteiger partial charge >= 0.3 is 0 Å². The predicted molar refractivity (Wildman–Crippen MR) is 79.8 cm³/mol. The molecule has 3 nitrogen and oxygen atoms in total. The van der Waals surface area contributed by atoms with Gasteiger partial charge in [0.25, 0.3) is 0 Å². The summed E-state index contributed by atoms with van der Waals surface area (Å²) >= 11 is 7.35. The van der Waals surface area contributed by atoms with E-state index in [4.69, 9.17) is 11.6 Å². The molecule has 0 aliphatic rings. The summed E-state index contributed by atoms with van der Waals surface area (Å²) in [5.41, 5.74) is 1.18. The van der Waals surface area contributed by atoms with E-state index in [2.05, 4.69) is 10.3 Å². The first-order valence-corrected chi connectivity index (χ1v) is 7.24. The second kappa shape index (κ2) is 6.17. The lowest BCUT2D eigenvalue weighted by molar-refractivity contribution is -0.118. The number of halogens is 1. The van der Waals surface area contributed by atoms with Crippen LogP contribution in [0.1, 0.15) is 24.3 Å². The molecule has 0 saturated carbocycles. The number of carbonyl (C=O) groups excluding carboxylic acids is 1. The average molecular weight is 295 g/mol. The number of benzene rings is 1. The van der Waals surface area contributed by atoms with Crippen LogP contribution >= 0.6 is 22.9 Å². The molecular weight excluding hydrogens is 280 g/mol. The van der Waals surface area contributed by atoms with Gasteiger partial charge in [-0.1, -0.05) is 37.6 Å². The molecule has 0 spiro atoms. The van der Waals surface area contributed by atoms with Gasteiger partial charge in [0.15, 0.2) is 5.13 Å². The van der Waals surface area contributed by atoms with Crippen molar-refractivity contribution in [2.24, 2.45) is 5.92 Å². The third-order valence-corrected chi connectivity index (χ3v) is 3.76. The van der Waals surface area contributed by atoms with E-state index in [0.717, 1.165) is 16.3 Å². The molecule has 1 N–H and O–H groups in total. The van der Waals surface area contributed by atoms with Crippen molar-refractivity contribution in [2.45, 2.75) is 20.3 Å². The molecule has 2 aromatic rings. The largest absolute Gasteiger partial charge is 0.302 e. The number of hydrogen-bond donors (Lipinski definition) is 1. The van der Waals surface area contributed by atoms with Crippen LogP contribution in [0.2, 0.25) is 5.02 Å². The van der Waals surface area contributed by atoms with Crippen molar-refractivity contribution in [3.05, 3.63) is 45.9 Å². The standard InChI is InChI=1S/C14H15ClN2OS/c1-9(2)13(18)17-14-16-8-12(19-14)7-10-3-5-11(15)6-4-10/h3-6,8-9H,7H2,1-2H3,(H,16,17,18). The van der Waals surface area contributed by atoms with Gasteiger partial charge in [-0.3, -0.25) is 4.79 Å². The van der Waals surface area contributed by atoms with Crippen LogP contribution in [0.5, 0.6) is 0 Å². The lowest BCUT2D eigenvalue weighted by Crippen LogP contribution is -2.17. The number of carbonyl (C=O) groups is 1. The minimum Gasteiger partial charge on any atom is -0.302 e. The van der Waals surface area contributed by atoms with Crippen LogP contribution in [0.4, 0.5) is 5.13 Å². The van der Waals surface area contributed by atoms with Gasteiger partial charge < -0.3 is 5.32 Å². The van der Waals surface area contributed by atoms with Crippen LogP contribution in [0.3, 0.4) is 0 Å². The normalized spacial score (nSPS) is 10.7. The molecule has 0 aliphatic heterocycles. The van der Waals surface area contributed by atoms with Crippen molar-refractivity contribution in [3.8, 4) is 0 Å². The van der Waals surface area contributed by atoms with Gasteiger partial charge in [-0.25, -0.2) is 4.98 Å². The fourth-order valence-electron chi connectivity index (χ4n) is 1.50. The molecule has 1 aromatic heterocycles. The molecule has 5 heteroatoms. The van der Waals surface area contributed by atoms with E-state index in [-0.39, 0.29) is 11.8 Å². The van der Waals surface area contributed by atoms with E-state index in [1.165, 1.54) is 16.9 Å². The Morgan fingerprint density at radius 2 is 2.05 bits per heavy atom. The number of anilines is 1. The van der Waals surface area contributed by atoms with E-state index in [0.29, 0.717) is 5.13 Å². The highest BCUT2D eigenvalue weighted by Crippen LogP contribution is 2.22. The smallest absolute Gasteiger partial charge is 0.228 e. The lowest BCUT2D eigenvalue weighted by atomic mass is 10.1. The maximum atomic E-state index is 11.6. The molecule has 0 unspecified atom stereocenters. The fourth-order valence-corrected chi connectivity index (χ4v) is 2.48. The molecule has 0 bridgehead atoms. The number of nitrogens with one attached hydrogen (secondary N) is 1. The fraction of sp³-hybridized carbons (Fsp3) is 0.286. The Bertz CT molecular complexity index is 563. The Labute approximate surface area is 121 Å². The van der Waals surface area contributed by atoms with E-state index in [1.807, 2.05) is 38.1 Å². The molecule has 0 atom stereocenters. The van der Waals surface area contributed by atoms with Gasteiger partial charge in [-0.15, -0.1) is 11.3 Å². The molecule has 1 aromatic carbocycles. The Balaban J connectivity index is 2.01. The molecule has 0 aliphatic carbocycles. The third kappa shape index (κ3) is 4.04. The first kappa shape index (κ1) is 14.0. The maximum Gasteiger partial charge on any atom is 0.228 e. The van der Waals surface area contributed by atoms with Crippen LogP contribution in [0.15, 0.2) is 30.5 Å². The number of hydrogen-bond acceptors (Lipinski definition) is 3. The first-order chi connectivity index (χ1) is 9.04. The minimum atomic E-state index is -0.0383. The van der Waals surface area contributed by atoms with Crippen molar-refractivity contribution in [2.75, 3.05) is 5.32 Å². The van der Waals surface area contributed by atoms with E-state index in [9.17, 15) is 4.79 Å². The molecule has 1 heterocycles. The lowest BCUT2D eigenvalue weighted by Gasteiger charge is -2.03. The van der Waals surface area contributed by atoms with Crippen molar-refractivity contribution in [1.82, 2.24) is 4.98 Å². The summed E-state index contributed by atoms with van der Waals surface area (Å²) in [6.07, 6.45) is 2.60. The summed E-state index contributed by atoms with van der Waals surface area (Å²) in [4.78, 5) is 16.9. The molecule has 0 fully saturated rings. The predicted octanol–water partition coefficient (Wildman–Crippen LogP) is 3.98. The van der Waals surface area contributed by atoms with Crippen molar-refractivity contribution < 1.29 is 4.79 Å². The monoisotopic (exact) mass is 294 g/mol. The number of nitrogens with zero attached hydrogens (tertiary/aromatic N) is 1. The van der Waals surface area contributed by atoms with E-state index < -0.39 is 0 Å². The second-order valence-electron chi connectivity index (χ2n) is 4.58. The summed E-state index contributed by atoms with van der Waals surface area (Å²) in [6.45, 7) is 3.72. The molecular formula is C14H15ClN2OS. The second-order valence-corrected chi connectivity index (χ2v) is 6.13. The summed E-state index contributed by atoms with van der Waals surface area (Å²) in [5, 5.41) is 4.19. The minimum absolute atomic E-state index is 0.00704. The number of aromatic nitrogens is 1. The first-order valence-electron chi connectivity index (χ1n) is 6.04. The number of amides is 1. The molecule has 2 rings (SSSR count). The van der Waals surface area contributed by atoms with Crippen molar-refractivity contribution in [1.29, 1.82) is 0 Å². The number of thiazole rings is 1. The highest BCUT2D eigenvalue weighted by Gasteiger charge is 2.10. The summed E-state index contributed by atoms with van der Waals surface area (Å²) < 4.78 is 0. The van der Waals surface area contributed by atoms with Crippen LogP contribution in [-0.2, 0) is 11.2 Å². The van der Waals surface area contributed by atoms with E-state index >= 15 is 0 Å². The van der Waals surface area contributed by atoms with Crippen LogP contribution in [0, 0.1) is 5.92 Å². The Morgan fingerprint density at radius 1 is 1.37 bits per heavy atom. The van der Waals surface area contributed by atoms with Gasteiger partial charge in [-0.05, 0) is 17.7 Å². The Hall–Kier alpha value is -1.39. The van der Waals surface area contributed by atoms with Crippen LogP contribution in [-0.4, -0.2) is 10.9 Å². The summed E-state index contributed by atoms with van der Waals surface area (Å²) in [6, 6.07) is 7.74. The molecule has 100 valence electrons. The van der Waals surface area contributed by atoms with Gasteiger partial charge in [0, 0.05) is 28.4 Å². The summed E-state index contributed by atoms with van der Waals surface area (Å²) in [5.74, 6) is -0.0454. The summed E-state index contributed by atoms with van der Waals surface area (Å²) in [7, 11) is 0. The highest BCUT2D eigenvalue weighted by atomic mass is 35.5. The van der Waals surface area contributed by atoms with E-state index in [1.54, 1.807) is 6.20 Å². The van der Waals surface area contributed by atoms with Crippen molar-refractivity contribution >= 4 is 34.0 Å². The zero-order valence-electron chi connectivity index (χ0n) is 10.8. The maximum absolute atomic E-state index is 11.6. The number of rotatable bonds is 4. The highest BCUT2D eigenvalue weighted by molar-refractivity contribution is 7.15. The zero-order valence-corrected chi connectivity index (χ0v) is 12.4.